The first-order valence-electron chi connectivity index (χ1n) is 14.3. The number of aryl methyl sites for hydroxylation is 1. The highest BCUT2D eigenvalue weighted by Crippen LogP contribution is 2.37. The number of hydrogen-bond donors (Lipinski definition) is 2. The molecule has 7 nitrogen and oxygen atoms in total. The lowest BCUT2D eigenvalue weighted by atomic mass is 9.87. The van der Waals surface area contributed by atoms with E-state index in [0.29, 0.717) is 11.5 Å². The first-order chi connectivity index (χ1) is 19.8. The summed E-state index contributed by atoms with van der Waals surface area (Å²) in [6.45, 7) is 8.49. The molecule has 2 atom stereocenters. The number of piperidine rings is 1. The average Bonchev–Trinajstić information content (AvgIpc) is 3.43. The maximum atomic E-state index is 11.2. The van der Waals surface area contributed by atoms with Crippen molar-refractivity contribution in [3.8, 4) is 11.1 Å². The van der Waals surface area contributed by atoms with E-state index in [1.54, 1.807) is 19.2 Å². The van der Waals surface area contributed by atoms with Gasteiger partial charge in [0.15, 0.2) is 0 Å². The number of carboxylic acid groups (broad SMARTS) is 1. The third-order valence-electron chi connectivity index (χ3n) is 8.84. The fourth-order valence-electron chi connectivity index (χ4n) is 6.23. The summed E-state index contributed by atoms with van der Waals surface area (Å²) in [7, 11) is 1.69. The second kappa shape index (κ2) is 11.1. The van der Waals surface area contributed by atoms with Crippen molar-refractivity contribution in [2.45, 2.75) is 51.7 Å². The number of hydrogen-bond acceptors (Lipinski definition) is 5. The second-order valence-electron chi connectivity index (χ2n) is 11.2. The van der Waals surface area contributed by atoms with E-state index < -0.39 is 5.97 Å². The molecule has 0 radical (unpaired) electrons. The largest absolute Gasteiger partial charge is 0.478 e. The molecular formula is C34H36N4O3. The predicted octanol–water partition coefficient (Wildman–Crippen LogP) is 7.43. The number of methoxy groups -OCH3 is 1. The number of aromatic amines is 1. The predicted molar refractivity (Wildman–Crippen MR) is 162 cm³/mol. The third-order valence-corrected chi connectivity index (χ3v) is 8.84. The van der Waals surface area contributed by atoms with Crippen LogP contribution in [0.3, 0.4) is 0 Å². The minimum absolute atomic E-state index is 0.0952. The van der Waals surface area contributed by atoms with Crippen LogP contribution in [0.1, 0.15) is 77.6 Å². The van der Waals surface area contributed by atoms with E-state index in [4.69, 9.17) is 14.7 Å². The monoisotopic (exact) mass is 548 g/mol. The van der Waals surface area contributed by atoms with Crippen LogP contribution in [-0.4, -0.2) is 51.1 Å². The van der Waals surface area contributed by atoms with E-state index in [1.165, 1.54) is 16.7 Å². The molecule has 210 valence electrons. The molecule has 1 fully saturated rings. The molecule has 2 aromatic heterocycles. The Kier molecular flexibility index (Phi) is 7.32. The maximum Gasteiger partial charge on any atom is 0.335 e. The second-order valence-corrected chi connectivity index (χ2v) is 11.2. The third kappa shape index (κ3) is 5.23. The normalized spacial score (nSPS) is 16.3. The van der Waals surface area contributed by atoms with Crippen LogP contribution in [0, 0.1) is 6.92 Å². The molecule has 7 heteroatoms. The fourth-order valence-corrected chi connectivity index (χ4v) is 6.23. The van der Waals surface area contributed by atoms with Crippen molar-refractivity contribution in [3.63, 3.8) is 0 Å². The Morgan fingerprint density at radius 2 is 1.78 bits per heavy atom. The van der Waals surface area contributed by atoms with Gasteiger partial charge in [0.2, 0.25) is 0 Å². The Balaban J connectivity index is 1.26. The van der Waals surface area contributed by atoms with Gasteiger partial charge in [-0.15, -0.1) is 0 Å². The Labute approximate surface area is 240 Å². The van der Waals surface area contributed by atoms with Gasteiger partial charge in [-0.3, -0.25) is 9.88 Å². The number of aromatic nitrogens is 3. The fraction of sp³-hybridized carbons (Fsp3) is 0.324. The Hall–Kier alpha value is -4.07. The topological polar surface area (TPSA) is 91.3 Å². The van der Waals surface area contributed by atoms with E-state index in [-0.39, 0.29) is 12.1 Å². The number of pyridine rings is 1. The molecule has 0 saturated carbocycles. The number of imidazole rings is 1. The van der Waals surface area contributed by atoms with Crippen LogP contribution in [0.5, 0.6) is 0 Å². The van der Waals surface area contributed by atoms with Crippen molar-refractivity contribution >= 4 is 27.9 Å². The number of benzene rings is 3. The number of ether oxygens (including phenoxy) is 1. The minimum atomic E-state index is -0.878. The number of likely N-dealkylation sites (tertiary alicyclic amines) is 1. The van der Waals surface area contributed by atoms with Gasteiger partial charge < -0.3 is 14.8 Å². The summed E-state index contributed by atoms with van der Waals surface area (Å²) in [5.74, 6) is 0.406. The molecule has 6 rings (SSSR count). The molecule has 1 saturated heterocycles. The molecule has 1 aliphatic heterocycles. The molecule has 41 heavy (non-hydrogen) atoms. The summed E-state index contributed by atoms with van der Waals surface area (Å²) in [6, 6.07) is 20.7. The summed E-state index contributed by atoms with van der Waals surface area (Å²) in [4.78, 5) is 26.6. The van der Waals surface area contributed by atoms with Gasteiger partial charge in [-0.2, -0.15) is 0 Å². The lowest BCUT2D eigenvalue weighted by Gasteiger charge is -2.37. The lowest BCUT2D eigenvalue weighted by Crippen LogP contribution is -2.35. The average molecular weight is 549 g/mol. The molecular weight excluding hydrogens is 512 g/mol. The van der Waals surface area contributed by atoms with Crippen molar-refractivity contribution in [1.82, 2.24) is 19.9 Å². The number of aromatic carboxylic acids is 1. The van der Waals surface area contributed by atoms with E-state index in [1.807, 2.05) is 25.3 Å². The first kappa shape index (κ1) is 27.1. The highest BCUT2D eigenvalue weighted by atomic mass is 16.5. The van der Waals surface area contributed by atoms with Gasteiger partial charge in [0.1, 0.15) is 11.9 Å². The molecule has 0 unspecified atom stereocenters. The van der Waals surface area contributed by atoms with E-state index >= 15 is 0 Å². The Morgan fingerprint density at radius 1 is 1.02 bits per heavy atom. The van der Waals surface area contributed by atoms with Gasteiger partial charge in [-0.05, 0) is 123 Å². The summed E-state index contributed by atoms with van der Waals surface area (Å²) in [6.07, 6.45) is 3.92. The van der Waals surface area contributed by atoms with Crippen LogP contribution < -0.4 is 0 Å². The van der Waals surface area contributed by atoms with Crippen LogP contribution >= 0.6 is 0 Å². The Bertz CT molecular complexity index is 1720. The molecule has 0 bridgehead atoms. The number of carbonyl (C=O) groups is 1. The zero-order chi connectivity index (χ0) is 28.7. The van der Waals surface area contributed by atoms with Gasteiger partial charge in [0, 0.05) is 24.7 Å². The summed E-state index contributed by atoms with van der Waals surface area (Å²) < 4.78 is 5.45. The van der Waals surface area contributed by atoms with Crippen molar-refractivity contribution < 1.29 is 14.6 Å². The summed E-state index contributed by atoms with van der Waals surface area (Å²) >= 11 is 0. The van der Waals surface area contributed by atoms with Gasteiger partial charge in [0.25, 0.3) is 0 Å². The number of H-pyrrole nitrogens is 1. The van der Waals surface area contributed by atoms with Crippen LogP contribution in [-0.2, 0) is 4.74 Å². The molecule has 0 amide bonds. The highest BCUT2D eigenvalue weighted by molar-refractivity contribution is 5.97. The lowest BCUT2D eigenvalue weighted by molar-refractivity contribution is 0.0697. The quantitative estimate of drug-likeness (QED) is 0.220. The van der Waals surface area contributed by atoms with E-state index in [0.717, 1.165) is 64.8 Å². The van der Waals surface area contributed by atoms with E-state index in [2.05, 4.69) is 60.1 Å². The van der Waals surface area contributed by atoms with Crippen LogP contribution in [0.2, 0.25) is 0 Å². The molecule has 1 aliphatic rings. The number of carboxylic acids is 1. The zero-order valence-electron chi connectivity index (χ0n) is 24.0. The van der Waals surface area contributed by atoms with Crippen molar-refractivity contribution in [2.24, 2.45) is 0 Å². The number of nitrogens with zero attached hydrogens (tertiary/aromatic N) is 3. The SMILES string of the molecule is CO[C@H](C)c1nc2ccc(-c3ccnc4cc(C)c([C@H](C)N5CCC(c6ccc(C(=O)O)cc6)CC5)cc34)cc2[nH]1. The van der Waals surface area contributed by atoms with Crippen LogP contribution in [0.25, 0.3) is 33.1 Å². The standard InChI is InChI=1S/C34H36N4O3/c1-20-17-31-29(27(11-14-35-31)26-9-10-30-32(18-26)37-33(36-30)22(3)41-4)19-28(20)21(2)38-15-12-24(13-16-38)23-5-7-25(8-6-23)34(39)40/h5-11,14,17-19,21-22,24H,12-13,15-16H2,1-4H3,(H,36,37)(H,39,40)/t21-,22+/m0/s1. The molecule has 0 spiro atoms. The number of fused-ring (bicyclic) bond motifs is 2. The molecule has 5 aromatic rings. The number of nitrogens with one attached hydrogen (secondary N) is 1. The van der Waals surface area contributed by atoms with Crippen molar-refractivity contribution in [3.05, 3.63) is 94.9 Å². The minimum Gasteiger partial charge on any atom is -0.478 e. The Morgan fingerprint density at radius 3 is 2.49 bits per heavy atom. The summed E-state index contributed by atoms with van der Waals surface area (Å²) in [5, 5.41) is 10.4. The summed E-state index contributed by atoms with van der Waals surface area (Å²) in [5.41, 5.74) is 9.36. The van der Waals surface area contributed by atoms with Crippen molar-refractivity contribution in [1.29, 1.82) is 0 Å². The van der Waals surface area contributed by atoms with E-state index in [9.17, 15) is 9.90 Å². The van der Waals surface area contributed by atoms with Crippen molar-refractivity contribution in [2.75, 3.05) is 20.2 Å². The molecule has 2 N–H and O–H groups in total. The van der Waals surface area contributed by atoms with Gasteiger partial charge in [-0.25, -0.2) is 9.78 Å². The smallest absolute Gasteiger partial charge is 0.335 e. The molecule has 0 aliphatic carbocycles. The molecule has 3 aromatic carbocycles. The molecule has 3 heterocycles. The number of rotatable bonds is 7. The van der Waals surface area contributed by atoms with Gasteiger partial charge >= 0.3 is 5.97 Å². The highest BCUT2D eigenvalue weighted by Gasteiger charge is 2.26. The van der Waals surface area contributed by atoms with Gasteiger partial charge in [0.05, 0.1) is 22.1 Å². The van der Waals surface area contributed by atoms with Gasteiger partial charge in [-0.1, -0.05) is 18.2 Å². The van der Waals surface area contributed by atoms with Crippen LogP contribution in [0.15, 0.2) is 66.9 Å². The van der Waals surface area contributed by atoms with Crippen LogP contribution in [0.4, 0.5) is 0 Å². The zero-order valence-corrected chi connectivity index (χ0v) is 24.0. The maximum absolute atomic E-state index is 11.2. The first-order valence-corrected chi connectivity index (χ1v) is 14.3.